The molecule has 1 N–H and O–H groups in total. The highest BCUT2D eigenvalue weighted by molar-refractivity contribution is 8.00. The summed E-state index contributed by atoms with van der Waals surface area (Å²) >= 11 is 1.44. The summed E-state index contributed by atoms with van der Waals surface area (Å²) in [5.74, 6) is -1.06. The Kier molecular flexibility index (Phi) is 5.76. The van der Waals surface area contributed by atoms with Crippen molar-refractivity contribution in [2.45, 2.75) is 19.2 Å². The molecule has 1 unspecified atom stereocenters. The van der Waals surface area contributed by atoms with Crippen LogP contribution in [0.15, 0.2) is 42.5 Å². The molecule has 0 bridgehead atoms. The van der Waals surface area contributed by atoms with Gasteiger partial charge in [-0.05, 0) is 55.3 Å². The van der Waals surface area contributed by atoms with E-state index in [0.717, 1.165) is 5.56 Å². The first-order chi connectivity index (χ1) is 13.2. The van der Waals surface area contributed by atoms with Gasteiger partial charge in [-0.3, -0.25) is 14.5 Å². The lowest BCUT2D eigenvalue weighted by Gasteiger charge is -2.26. The molecule has 6 nitrogen and oxygen atoms in total. The van der Waals surface area contributed by atoms with Crippen LogP contribution in [0.1, 0.15) is 33.8 Å². The summed E-state index contributed by atoms with van der Waals surface area (Å²) in [5.41, 5.74) is 2.27. The summed E-state index contributed by atoms with van der Waals surface area (Å²) < 4.78 is 38.4. The van der Waals surface area contributed by atoms with Gasteiger partial charge in [0.15, 0.2) is 0 Å². The van der Waals surface area contributed by atoms with Crippen molar-refractivity contribution in [2.75, 3.05) is 16.4 Å². The lowest BCUT2D eigenvalue weighted by atomic mass is 10.1. The summed E-state index contributed by atoms with van der Waals surface area (Å²) in [6, 6.07) is 10.7. The Bertz CT molecular complexity index is 1020. The average Bonchev–Trinajstić information content (AvgIpc) is 3.03. The van der Waals surface area contributed by atoms with Gasteiger partial charge in [-0.2, -0.15) is 0 Å². The number of hydrogen-bond donors (Lipinski definition) is 1. The molecule has 0 aliphatic carbocycles. The lowest BCUT2D eigenvalue weighted by molar-refractivity contribution is -0.115. The number of sulfonamides is 1. The maximum Gasteiger partial charge on any atom is 0.264 e. The van der Waals surface area contributed by atoms with Gasteiger partial charge in [0.25, 0.3) is 5.91 Å². The van der Waals surface area contributed by atoms with Crippen LogP contribution < -0.4 is 9.62 Å². The molecule has 2 aromatic carbocycles. The van der Waals surface area contributed by atoms with E-state index < -0.39 is 15.9 Å². The molecule has 1 saturated heterocycles. The van der Waals surface area contributed by atoms with Gasteiger partial charge >= 0.3 is 0 Å². The van der Waals surface area contributed by atoms with E-state index >= 15 is 0 Å². The highest BCUT2D eigenvalue weighted by Crippen LogP contribution is 2.42. The van der Waals surface area contributed by atoms with Crippen molar-refractivity contribution in [3.8, 4) is 0 Å². The molecule has 0 saturated carbocycles. The first-order valence-electron chi connectivity index (χ1n) is 8.56. The molecule has 1 fully saturated rings. The maximum absolute atomic E-state index is 13.2. The molecule has 2 aromatic rings. The first-order valence-corrected chi connectivity index (χ1v) is 11.3. The zero-order chi connectivity index (χ0) is 20.5. The van der Waals surface area contributed by atoms with Gasteiger partial charge in [-0.15, -0.1) is 11.8 Å². The molecule has 1 aliphatic heterocycles. The SMILES string of the molecule is CCS(=O)(=O)NC(=O)c1ccc(N2C(=O)CSC2c2ccc(F)cc2)c(C)c1. The highest BCUT2D eigenvalue weighted by Gasteiger charge is 2.35. The van der Waals surface area contributed by atoms with Crippen LogP contribution in [-0.4, -0.2) is 31.7 Å². The fourth-order valence-corrected chi connectivity index (χ4v) is 4.61. The predicted octanol–water partition coefficient (Wildman–Crippen LogP) is 2.99. The Morgan fingerprint density at radius 3 is 2.54 bits per heavy atom. The Hall–Kier alpha value is -2.39. The van der Waals surface area contributed by atoms with Crippen LogP contribution >= 0.6 is 11.8 Å². The number of anilines is 1. The van der Waals surface area contributed by atoms with Crippen molar-refractivity contribution >= 4 is 39.3 Å². The van der Waals surface area contributed by atoms with Crippen molar-refractivity contribution in [3.63, 3.8) is 0 Å². The minimum Gasteiger partial charge on any atom is -0.295 e. The standard InChI is InChI=1S/C19H19FN2O4S2/c1-3-28(25,26)21-18(24)14-6-9-16(12(2)10-14)22-17(23)11-27-19(22)13-4-7-15(20)8-5-13/h4-10,19H,3,11H2,1-2H3,(H,21,24). The van der Waals surface area contributed by atoms with E-state index in [0.29, 0.717) is 17.0 Å². The largest absolute Gasteiger partial charge is 0.295 e. The van der Waals surface area contributed by atoms with Crippen LogP contribution in [-0.2, 0) is 14.8 Å². The molecule has 3 rings (SSSR count). The molecule has 1 atom stereocenters. The fourth-order valence-electron chi connectivity index (χ4n) is 2.90. The van der Waals surface area contributed by atoms with Crippen LogP contribution in [0.5, 0.6) is 0 Å². The number of carbonyl (C=O) groups is 2. The second kappa shape index (κ2) is 7.92. The van der Waals surface area contributed by atoms with Crippen molar-refractivity contribution in [2.24, 2.45) is 0 Å². The summed E-state index contributed by atoms with van der Waals surface area (Å²) in [5, 5.41) is -0.299. The van der Waals surface area contributed by atoms with Crippen molar-refractivity contribution in [1.29, 1.82) is 0 Å². The van der Waals surface area contributed by atoms with Crippen LogP contribution in [0.4, 0.5) is 10.1 Å². The number of aryl methyl sites for hydroxylation is 1. The number of hydrogen-bond acceptors (Lipinski definition) is 5. The zero-order valence-electron chi connectivity index (χ0n) is 15.3. The number of carbonyl (C=O) groups excluding carboxylic acids is 2. The van der Waals surface area contributed by atoms with Crippen LogP contribution in [0.2, 0.25) is 0 Å². The number of thioether (sulfide) groups is 1. The molecular weight excluding hydrogens is 403 g/mol. The molecule has 9 heteroatoms. The highest BCUT2D eigenvalue weighted by atomic mass is 32.2. The zero-order valence-corrected chi connectivity index (χ0v) is 16.9. The van der Waals surface area contributed by atoms with Crippen molar-refractivity contribution in [1.82, 2.24) is 4.72 Å². The second-order valence-corrected chi connectivity index (χ2v) is 9.39. The summed E-state index contributed by atoms with van der Waals surface area (Å²) in [6.07, 6.45) is 0. The third-order valence-electron chi connectivity index (χ3n) is 4.37. The van der Waals surface area contributed by atoms with Crippen LogP contribution in [0, 0.1) is 12.7 Å². The van der Waals surface area contributed by atoms with Gasteiger partial charge in [-0.25, -0.2) is 17.5 Å². The van der Waals surface area contributed by atoms with E-state index in [9.17, 15) is 22.4 Å². The topological polar surface area (TPSA) is 83.6 Å². The molecule has 28 heavy (non-hydrogen) atoms. The van der Waals surface area contributed by atoms with E-state index in [-0.39, 0.29) is 28.4 Å². The molecule has 1 heterocycles. The first kappa shape index (κ1) is 20.3. The molecular formula is C19H19FN2O4S2. The Labute approximate surface area is 167 Å². The van der Waals surface area contributed by atoms with Crippen molar-refractivity contribution in [3.05, 3.63) is 65.0 Å². The van der Waals surface area contributed by atoms with Gasteiger partial charge in [0.2, 0.25) is 15.9 Å². The number of nitrogens with one attached hydrogen (secondary N) is 1. The monoisotopic (exact) mass is 422 g/mol. The fraction of sp³-hybridized carbons (Fsp3) is 0.263. The molecule has 148 valence electrons. The Morgan fingerprint density at radius 1 is 1.25 bits per heavy atom. The number of benzene rings is 2. The summed E-state index contributed by atoms with van der Waals surface area (Å²) in [6.45, 7) is 3.19. The van der Waals surface area contributed by atoms with Crippen molar-refractivity contribution < 1.29 is 22.4 Å². The van der Waals surface area contributed by atoms with Gasteiger partial charge in [0.1, 0.15) is 11.2 Å². The van der Waals surface area contributed by atoms with Gasteiger partial charge in [0.05, 0.1) is 11.5 Å². The van der Waals surface area contributed by atoms with Gasteiger partial charge < -0.3 is 0 Å². The number of nitrogens with zero attached hydrogens (tertiary/aromatic N) is 1. The predicted molar refractivity (Wildman–Crippen MR) is 107 cm³/mol. The lowest BCUT2D eigenvalue weighted by Crippen LogP contribution is -2.32. The Morgan fingerprint density at radius 2 is 1.93 bits per heavy atom. The minimum atomic E-state index is -3.66. The number of halogens is 1. The molecule has 0 aromatic heterocycles. The molecule has 0 radical (unpaired) electrons. The molecule has 1 aliphatic rings. The minimum absolute atomic E-state index is 0.0896. The second-order valence-electron chi connectivity index (χ2n) is 6.31. The summed E-state index contributed by atoms with van der Waals surface area (Å²) in [4.78, 5) is 26.3. The molecule has 2 amide bonds. The van der Waals surface area contributed by atoms with E-state index in [1.54, 1.807) is 36.1 Å². The van der Waals surface area contributed by atoms with Crippen LogP contribution in [0.3, 0.4) is 0 Å². The van der Waals surface area contributed by atoms with E-state index in [2.05, 4.69) is 0 Å². The summed E-state index contributed by atoms with van der Waals surface area (Å²) in [7, 11) is -3.66. The Balaban J connectivity index is 1.91. The van der Waals surface area contributed by atoms with E-state index in [1.807, 2.05) is 4.72 Å². The third-order valence-corrected chi connectivity index (χ3v) is 6.84. The smallest absolute Gasteiger partial charge is 0.264 e. The maximum atomic E-state index is 13.2. The van der Waals surface area contributed by atoms with Gasteiger partial charge in [0, 0.05) is 11.3 Å². The number of amides is 2. The van der Waals surface area contributed by atoms with Crippen LogP contribution in [0.25, 0.3) is 0 Å². The van der Waals surface area contributed by atoms with Gasteiger partial charge in [-0.1, -0.05) is 12.1 Å². The van der Waals surface area contributed by atoms with E-state index in [1.165, 1.54) is 36.9 Å². The quantitative estimate of drug-likeness (QED) is 0.801. The normalized spacial score (nSPS) is 17.0. The third kappa shape index (κ3) is 4.20. The molecule has 0 spiro atoms. The van der Waals surface area contributed by atoms with E-state index in [4.69, 9.17) is 0 Å². The average molecular weight is 423 g/mol. The number of rotatable bonds is 5.